The van der Waals surface area contributed by atoms with Crippen LogP contribution in [-0.4, -0.2) is 19.0 Å². The fraction of sp³-hybridized carbons (Fsp3) is 0.312. The van der Waals surface area contributed by atoms with E-state index in [2.05, 4.69) is 18.5 Å². The van der Waals surface area contributed by atoms with Crippen LogP contribution >= 0.6 is 0 Å². The second-order valence-electron chi connectivity index (χ2n) is 4.83. The monoisotopic (exact) mass is 256 g/mol. The number of hydrogen-bond donors (Lipinski definition) is 2. The first-order valence-electron chi connectivity index (χ1n) is 6.61. The molecule has 0 saturated carbocycles. The minimum absolute atomic E-state index is 0.421. The molecule has 0 atom stereocenters. The Balaban J connectivity index is 2.52. The summed E-state index contributed by atoms with van der Waals surface area (Å²) in [7, 11) is 0. The molecule has 1 aromatic carbocycles. The zero-order chi connectivity index (χ0) is 13.8. The van der Waals surface area contributed by atoms with Gasteiger partial charge in [0.2, 0.25) is 5.91 Å². The van der Waals surface area contributed by atoms with E-state index in [4.69, 9.17) is 5.73 Å². The number of primary amides is 1. The Hall–Kier alpha value is -1.87. The first kappa shape index (κ1) is 13.6. The molecule has 1 heterocycles. The van der Waals surface area contributed by atoms with Crippen molar-refractivity contribution in [2.24, 2.45) is 5.73 Å². The summed E-state index contributed by atoms with van der Waals surface area (Å²) in [4.78, 5) is 11.5. The number of hydrogen-bond acceptors (Lipinski definition) is 2. The summed E-state index contributed by atoms with van der Waals surface area (Å²) in [6.07, 6.45) is 5.71. The highest BCUT2D eigenvalue weighted by Gasteiger charge is 2.20. The Morgan fingerprint density at radius 2 is 1.84 bits per heavy atom. The molecular formula is C16H20N2O. The minimum Gasteiger partial charge on any atom is -0.366 e. The van der Waals surface area contributed by atoms with Gasteiger partial charge in [-0.3, -0.25) is 4.79 Å². The highest BCUT2D eigenvalue weighted by atomic mass is 16.1. The molecule has 1 amide bonds. The number of nitrogens with two attached hydrogens (primary N) is 1. The van der Waals surface area contributed by atoms with E-state index in [-0.39, 0.29) is 0 Å². The molecule has 0 aromatic heterocycles. The quantitative estimate of drug-likeness (QED) is 0.869. The van der Waals surface area contributed by atoms with Crippen LogP contribution < -0.4 is 11.1 Å². The van der Waals surface area contributed by atoms with Gasteiger partial charge in [0.1, 0.15) is 0 Å². The lowest BCUT2D eigenvalue weighted by molar-refractivity contribution is 0.1000. The van der Waals surface area contributed by atoms with Gasteiger partial charge in [-0.25, -0.2) is 0 Å². The lowest BCUT2D eigenvalue weighted by Crippen LogP contribution is -2.27. The summed E-state index contributed by atoms with van der Waals surface area (Å²) in [5, 5.41) is 3.36. The molecule has 1 aliphatic rings. The van der Waals surface area contributed by atoms with Crippen molar-refractivity contribution in [1.29, 1.82) is 0 Å². The number of piperidine rings is 1. The molecule has 100 valence electrons. The van der Waals surface area contributed by atoms with Gasteiger partial charge in [-0.2, -0.15) is 0 Å². The topological polar surface area (TPSA) is 55.1 Å². The summed E-state index contributed by atoms with van der Waals surface area (Å²) >= 11 is 0. The van der Waals surface area contributed by atoms with Crippen LogP contribution in [0.5, 0.6) is 0 Å². The maximum absolute atomic E-state index is 11.5. The normalized spacial score (nSPS) is 16.0. The molecule has 2 rings (SSSR count). The summed E-state index contributed by atoms with van der Waals surface area (Å²) in [6.45, 7) is 9.74. The molecule has 0 radical (unpaired) electrons. The van der Waals surface area contributed by atoms with E-state index in [0.717, 1.165) is 37.1 Å². The van der Waals surface area contributed by atoms with E-state index < -0.39 is 5.91 Å². The number of carbonyl (C=O) groups is 1. The molecule has 1 aliphatic heterocycles. The van der Waals surface area contributed by atoms with E-state index in [9.17, 15) is 4.79 Å². The van der Waals surface area contributed by atoms with Gasteiger partial charge in [0.25, 0.3) is 0 Å². The molecule has 0 spiro atoms. The van der Waals surface area contributed by atoms with Crippen LogP contribution in [0.1, 0.15) is 45.8 Å². The second-order valence-corrected chi connectivity index (χ2v) is 4.83. The molecule has 19 heavy (non-hydrogen) atoms. The summed E-state index contributed by atoms with van der Waals surface area (Å²) in [5.74, 6) is 0.0877. The average Bonchev–Trinajstić information content (AvgIpc) is 2.46. The zero-order valence-electron chi connectivity index (χ0n) is 11.1. The predicted molar refractivity (Wildman–Crippen MR) is 80.0 cm³/mol. The zero-order valence-corrected chi connectivity index (χ0v) is 11.1. The van der Waals surface area contributed by atoms with Crippen molar-refractivity contribution >= 4 is 18.1 Å². The van der Waals surface area contributed by atoms with Crippen LogP contribution in [0.25, 0.3) is 12.2 Å². The van der Waals surface area contributed by atoms with Crippen LogP contribution in [0.2, 0.25) is 0 Å². The Labute approximate surface area is 114 Å². The number of benzene rings is 1. The standard InChI is InChI=1S/C16H20N2O/c1-3-12-13(4-2)15(16(17)19)6-5-14(12)11-7-9-18-10-8-11/h3-6,11,18H,1-2,7-10H2,(H2,17,19). The van der Waals surface area contributed by atoms with Crippen molar-refractivity contribution in [3.63, 3.8) is 0 Å². The maximum atomic E-state index is 11.5. The van der Waals surface area contributed by atoms with E-state index in [0.29, 0.717) is 11.5 Å². The van der Waals surface area contributed by atoms with Gasteiger partial charge in [0.15, 0.2) is 0 Å². The van der Waals surface area contributed by atoms with Gasteiger partial charge in [0.05, 0.1) is 0 Å². The van der Waals surface area contributed by atoms with Gasteiger partial charge in [0, 0.05) is 5.56 Å². The SMILES string of the molecule is C=Cc1c(C(N)=O)ccc(C2CCNCC2)c1C=C. The lowest BCUT2D eigenvalue weighted by atomic mass is 9.84. The number of carbonyl (C=O) groups excluding carboxylic acids is 1. The van der Waals surface area contributed by atoms with Crippen molar-refractivity contribution in [2.75, 3.05) is 13.1 Å². The predicted octanol–water partition coefficient (Wildman–Crippen LogP) is 2.54. The Morgan fingerprint density at radius 1 is 1.21 bits per heavy atom. The van der Waals surface area contributed by atoms with E-state index >= 15 is 0 Å². The van der Waals surface area contributed by atoms with Crippen LogP contribution in [0.15, 0.2) is 25.3 Å². The first-order chi connectivity index (χ1) is 9.19. The molecule has 1 fully saturated rings. The Morgan fingerprint density at radius 3 is 2.37 bits per heavy atom. The minimum atomic E-state index is -0.421. The van der Waals surface area contributed by atoms with Gasteiger partial charge in [-0.05, 0) is 54.6 Å². The average molecular weight is 256 g/mol. The van der Waals surface area contributed by atoms with Gasteiger partial charge in [-0.1, -0.05) is 31.4 Å². The fourth-order valence-electron chi connectivity index (χ4n) is 2.80. The number of amides is 1. The molecule has 0 unspecified atom stereocenters. The maximum Gasteiger partial charge on any atom is 0.249 e. The highest BCUT2D eigenvalue weighted by molar-refractivity contribution is 5.98. The summed E-state index contributed by atoms with van der Waals surface area (Å²) < 4.78 is 0. The number of nitrogens with one attached hydrogen (secondary N) is 1. The summed E-state index contributed by atoms with van der Waals surface area (Å²) in [6, 6.07) is 3.82. The fourth-order valence-corrected chi connectivity index (χ4v) is 2.80. The molecule has 1 saturated heterocycles. The van der Waals surface area contributed by atoms with E-state index in [1.54, 1.807) is 12.2 Å². The van der Waals surface area contributed by atoms with Crippen molar-refractivity contribution in [2.45, 2.75) is 18.8 Å². The molecule has 0 aliphatic carbocycles. The van der Waals surface area contributed by atoms with E-state index in [1.165, 1.54) is 5.56 Å². The third kappa shape index (κ3) is 2.61. The second kappa shape index (κ2) is 5.85. The molecule has 3 heteroatoms. The molecule has 3 N–H and O–H groups in total. The third-order valence-corrected chi connectivity index (χ3v) is 3.77. The van der Waals surface area contributed by atoms with Crippen molar-refractivity contribution in [3.05, 3.63) is 47.5 Å². The van der Waals surface area contributed by atoms with Crippen molar-refractivity contribution in [3.8, 4) is 0 Å². The Bertz CT molecular complexity index is 514. The largest absolute Gasteiger partial charge is 0.366 e. The number of rotatable bonds is 4. The van der Waals surface area contributed by atoms with Crippen LogP contribution in [0, 0.1) is 0 Å². The van der Waals surface area contributed by atoms with E-state index in [1.807, 2.05) is 12.1 Å². The van der Waals surface area contributed by atoms with Gasteiger partial charge in [-0.15, -0.1) is 0 Å². The molecule has 3 nitrogen and oxygen atoms in total. The van der Waals surface area contributed by atoms with Crippen molar-refractivity contribution < 1.29 is 4.79 Å². The third-order valence-electron chi connectivity index (χ3n) is 3.77. The first-order valence-corrected chi connectivity index (χ1v) is 6.61. The van der Waals surface area contributed by atoms with Crippen LogP contribution in [0.3, 0.4) is 0 Å². The van der Waals surface area contributed by atoms with Crippen LogP contribution in [-0.2, 0) is 0 Å². The van der Waals surface area contributed by atoms with Crippen molar-refractivity contribution in [1.82, 2.24) is 5.32 Å². The smallest absolute Gasteiger partial charge is 0.249 e. The lowest BCUT2D eigenvalue weighted by Gasteiger charge is -2.25. The highest BCUT2D eigenvalue weighted by Crippen LogP contribution is 2.32. The van der Waals surface area contributed by atoms with Gasteiger partial charge < -0.3 is 11.1 Å². The summed E-state index contributed by atoms with van der Waals surface area (Å²) in [5.41, 5.74) is 8.98. The Kier molecular flexibility index (Phi) is 4.17. The van der Waals surface area contributed by atoms with Gasteiger partial charge >= 0.3 is 0 Å². The molecule has 0 bridgehead atoms. The molecule has 1 aromatic rings. The molecular weight excluding hydrogens is 236 g/mol. The van der Waals surface area contributed by atoms with Crippen LogP contribution in [0.4, 0.5) is 0 Å².